The molecule has 1 aromatic rings. The number of alkyl halides is 5. The predicted octanol–water partition coefficient (Wildman–Crippen LogP) is 3.41. The molecule has 0 aromatic carbocycles. The topological polar surface area (TPSA) is 27.1 Å². The van der Waals surface area contributed by atoms with Gasteiger partial charge in [-0.3, -0.25) is 4.68 Å². The Labute approximate surface area is 118 Å². The summed E-state index contributed by atoms with van der Waals surface area (Å²) < 4.78 is 72.5. The highest BCUT2D eigenvalue weighted by Gasteiger charge is 2.45. The standard InChI is InChI=1S/C13H15F5N2O/c14-12(15)4-1-2-8(12)6-20-10-3-5-21-7-9(10)11(19-20)13(16,17)18/h8H,1-7H2. The van der Waals surface area contributed by atoms with Crippen LogP contribution in [0.15, 0.2) is 0 Å². The number of aromatic nitrogens is 2. The van der Waals surface area contributed by atoms with Gasteiger partial charge in [-0.2, -0.15) is 18.3 Å². The van der Waals surface area contributed by atoms with Crippen LogP contribution in [0.3, 0.4) is 0 Å². The van der Waals surface area contributed by atoms with Crippen molar-refractivity contribution in [3.63, 3.8) is 0 Å². The lowest BCUT2D eigenvalue weighted by molar-refractivity contribution is -0.142. The minimum atomic E-state index is -4.59. The van der Waals surface area contributed by atoms with Crippen LogP contribution in [0.4, 0.5) is 22.0 Å². The summed E-state index contributed by atoms with van der Waals surface area (Å²) in [6.45, 7) is -0.0340. The fraction of sp³-hybridized carbons (Fsp3) is 0.769. The molecular formula is C13H15F5N2O. The number of hydrogen-bond acceptors (Lipinski definition) is 2. The van der Waals surface area contributed by atoms with Crippen LogP contribution in [0, 0.1) is 5.92 Å². The van der Waals surface area contributed by atoms with Crippen molar-refractivity contribution in [2.75, 3.05) is 6.61 Å². The van der Waals surface area contributed by atoms with Gasteiger partial charge in [-0.1, -0.05) is 0 Å². The average Bonchev–Trinajstić information content (AvgIpc) is 2.91. The molecule has 2 aliphatic rings. The first kappa shape index (κ1) is 14.7. The van der Waals surface area contributed by atoms with Gasteiger partial charge in [0.2, 0.25) is 0 Å². The Balaban J connectivity index is 1.94. The van der Waals surface area contributed by atoms with Crippen LogP contribution in [-0.4, -0.2) is 22.3 Å². The molecule has 3 rings (SSSR count). The largest absolute Gasteiger partial charge is 0.435 e. The lowest BCUT2D eigenvalue weighted by atomic mass is 10.0. The van der Waals surface area contributed by atoms with E-state index in [1.807, 2.05) is 0 Å². The van der Waals surface area contributed by atoms with Gasteiger partial charge in [-0.05, 0) is 12.8 Å². The molecule has 0 amide bonds. The third kappa shape index (κ3) is 2.65. The summed E-state index contributed by atoms with van der Waals surface area (Å²) in [5.74, 6) is -3.76. The van der Waals surface area contributed by atoms with Crippen LogP contribution in [0.25, 0.3) is 0 Å². The summed E-state index contributed by atoms with van der Waals surface area (Å²) in [7, 11) is 0. The molecule has 0 bridgehead atoms. The van der Waals surface area contributed by atoms with Gasteiger partial charge in [0.1, 0.15) is 0 Å². The Morgan fingerprint density at radius 3 is 2.71 bits per heavy atom. The molecule has 1 unspecified atom stereocenters. The number of ether oxygens (including phenoxy) is 1. The molecule has 118 valence electrons. The van der Waals surface area contributed by atoms with E-state index in [9.17, 15) is 22.0 Å². The molecule has 1 aliphatic carbocycles. The normalized spacial score (nSPS) is 25.1. The third-order valence-corrected chi connectivity index (χ3v) is 4.22. The lowest BCUT2D eigenvalue weighted by Gasteiger charge is -2.21. The van der Waals surface area contributed by atoms with Crippen molar-refractivity contribution in [3.05, 3.63) is 17.0 Å². The molecule has 0 radical (unpaired) electrons. The number of rotatable bonds is 2. The van der Waals surface area contributed by atoms with Crippen molar-refractivity contribution in [2.45, 2.75) is 50.9 Å². The van der Waals surface area contributed by atoms with Crippen LogP contribution >= 0.6 is 0 Å². The van der Waals surface area contributed by atoms with Gasteiger partial charge < -0.3 is 4.74 Å². The van der Waals surface area contributed by atoms with Gasteiger partial charge in [0, 0.05) is 36.6 Å². The van der Waals surface area contributed by atoms with Gasteiger partial charge >= 0.3 is 6.18 Å². The van der Waals surface area contributed by atoms with Crippen LogP contribution in [0.2, 0.25) is 0 Å². The molecule has 0 saturated heterocycles. The molecule has 3 nitrogen and oxygen atoms in total. The second-order valence-electron chi connectivity index (χ2n) is 5.61. The lowest BCUT2D eigenvalue weighted by Crippen LogP contribution is -2.27. The highest BCUT2D eigenvalue weighted by atomic mass is 19.4. The zero-order valence-corrected chi connectivity index (χ0v) is 11.2. The first-order chi connectivity index (χ1) is 9.79. The van der Waals surface area contributed by atoms with Crippen LogP contribution in [0.1, 0.15) is 36.2 Å². The first-order valence-electron chi connectivity index (χ1n) is 6.90. The van der Waals surface area contributed by atoms with Gasteiger partial charge in [-0.15, -0.1) is 0 Å². The van der Waals surface area contributed by atoms with Gasteiger partial charge in [0.05, 0.1) is 13.2 Å². The third-order valence-electron chi connectivity index (χ3n) is 4.22. The molecular weight excluding hydrogens is 295 g/mol. The molecule has 2 heterocycles. The van der Waals surface area contributed by atoms with Crippen molar-refractivity contribution >= 4 is 0 Å². The Bertz CT molecular complexity index is 537. The van der Waals surface area contributed by atoms with Gasteiger partial charge in [-0.25, -0.2) is 8.78 Å². The second kappa shape index (κ2) is 4.93. The Morgan fingerprint density at radius 2 is 2.10 bits per heavy atom. The van der Waals surface area contributed by atoms with Crippen molar-refractivity contribution in [2.24, 2.45) is 5.92 Å². The van der Waals surface area contributed by atoms with Crippen molar-refractivity contribution < 1.29 is 26.7 Å². The molecule has 1 fully saturated rings. The average molecular weight is 310 g/mol. The maximum atomic E-state index is 13.7. The smallest absolute Gasteiger partial charge is 0.376 e. The van der Waals surface area contributed by atoms with Crippen molar-refractivity contribution in [1.29, 1.82) is 0 Å². The van der Waals surface area contributed by atoms with E-state index in [4.69, 9.17) is 4.74 Å². The van der Waals surface area contributed by atoms with E-state index in [2.05, 4.69) is 5.10 Å². The molecule has 0 spiro atoms. The zero-order chi connectivity index (χ0) is 15.3. The molecule has 0 N–H and O–H groups in total. The molecule has 21 heavy (non-hydrogen) atoms. The minimum Gasteiger partial charge on any atom is -0.376 e. The SMILES string of the molecule is FC(F)(F)c1nn(CC2CCCC2(F)F)c2c1COCC2. The molecule has 1 aromatic heterocycles. The zero-order valence-electron chi connectivity index (χ0n) is 11.2. The highest BCUT2D eigenvalue weighted by Crippen LogP contribution is 2.42. The number of fused-ring (bicyclic) bond motifs is 1. The van der Waals surface area contributed by atoms with E-state index in [1.54, 1.807) is 0 Å². The Morgan fingerprint density at radius 1 is 1.33 bits per heavy atom. The molecule has 1 aliphatic heterocycles. The van der Waals surface area contributed by atoms with E-state index < -0.39 is 23.7 Å². The van der Waals surface area contributed by atoms with Crippen LogP contribution in [-0.2, 0) is 30.5 Å². The van der Waals surface area contributed by atoms with E-state index in [0.717, 1.165) is 4.68 Å². The fourth-order valence-electron chi connectivity index (χ4n) is 3.12. The molecule has 1 atom stereocenters. The highest BCUT2D eigenvalue weighted by molar-refractivity contribution is 5.29. The monoisotopic (exact) mass is 310 g/mol. The number of halogens is 5. The van der Waals surface area contributed by atoms with Gasteiger partial charge in [0.15, 0.2) is 5.69 Å². The van der Waals surface area contributed by atoms with E-state index in [-0.39, 0.29) is 38.2 Å². The number of nitrogens with zero attached hydrogens (tertiary/aromatic N) is 2. The van der Waals surface area contributed by atoms with Crippen molar-refractivity contribution in [3.8, 4) is 0 Å². The Kier molecular flexibility index (Phi) is 3.46. The van der Waals surface area contributed by atoms with Crippen LogP contribution < -0.4 is 0 Å². The molecule has 8 heteroatoms. The van der Waals surface area contributed by atoms with Crippen molar-refractivity contribution in [1.82, 2.24) is 9.78 Å². The van der Waals surface area contributed by atoms with Gasteiger partial charge in [0.25, 0.3) is 5.92 Å². The molecule has 1 saturated carbocycles. The van der Waals surface area contributed by atoms with E-state index in [1.165, 1.54) is 0 Å². The maximum Gasteiger partial charge on any atom is 0.435 e. The second-order valence-corrected chi connectivity index (χ2v) is 5.61. The first-order valence-corrected chi connectivity index (χ1v) is 6.90. The Hall–Kier alpha value is -1.18. The summed E-state index contributed by atoms with van der Waals surface area (Å²) >= 11 is 0. The van der Waals surface area contributed by atoms with E-state index in [0.29, 0.717) is 18.5 Å². The summed E-state index contributed by atoms with van der Waals surface area (Å²) in [5.41, 5.74) is -0.621. The summed E-state index contributed by atoms with van der Waals surface area (Å²) in [6.07, 6.45) is -3.79. The summed E-state index contributed by atoms with van der Waals surface area (Å²) in [5, 5.41) is 3.57. The van der Waals surface area contributed by atoms with E-state index >= 15 is 0 Å². The number of hydrogen-bond donors (Lipinski definition) is 0. The predicted molar refractivity (Wildman–Crippen MR) is 62.9 cm³/mol. The van der Waals surface area contributed by atoms with Crippen LogP contribution in [0.5, 0.6) is 0 Å². The minimum absolute atomic E-state index is 0.00457. The fourth-order valence-corrected chi connectivity index (χ4v) is 3.12. The quantitative estimate of drug-likeness (QED) is 0.783. The summed E-state index contributed by atoms with van der Waals surface area (Å²) in [4.78, 5) is 0. The summed E-state index contributed by atoms with van der Waals surface area (Å²) in [6, 6.07) is 0. The maximum absolute atomic E-state index is 13.7.